The number of hydrogen-bond acceptors (Lipinski definition) is 3. The van der Waals surface area contributed by atoms with Crippen LogP contribution >= 0.6 is 27.5 Å². The number of ether oxygens (including phenoxy) is 1. The topological polar surface area (TPSA) is 67.4 Å². The lowest BCUT2D eigenvalue weighted by atomic mass is 10.2. The third-order valence-corrected chi connectivity index (χ3v) is 3.93. The second kappa shape index (κ2) is 7.99. The van der Waals surface area contributed by atoms with Crippen LogP contribution in [-0.2, 0) is 4.79 Å². The van der Waals surface area contributed by atoms with Gasteiger partial charge in [0.1, 0.15) is 5.75 Å². The summed E-state index contributed by atoms with van der Waals surface area (Å²) in [4.78, 5) is 24.0. The van der Waals surface area contributed by atoms with Crippen molar-refractivity contribution in [3.8, 4) is 5.75 Å². The van der Waals surface area contributed by atoms with Crippen molar-refractivity contribution in [3.05, 3.63) is 63.6 Å². The summed E-state index contributed by atoms with van der Waals surface area (Å²) < 4.78 is 6.10. The van der Waals surface area contributed by atoms with Crippen LogP contribution in [0.4, 0.5) is 0 Å². The molecule has 0 aliphatic heterocycles. The summed E-state index contributed by atoms with van der Waals surface area (Å²) >= 11 is 9.24. The van der Waals surface area contributed by atoms with Crippen molar-refractivity contribution in [1.29, 1.82) is 0 Å². The molecular weight excluding hydrogens is 384 g/mol. The Labute approximate surface area is 147 Å². The lowest BCUT2D eigenvalue weighted by Gasteiger charge is -2.16. The standard InChI is InChI=1S/C16H14BrClN2O3/c1-10(23-14-9-5-4-8-13(14)18)15(21)19-20-16(22)11-6-2-3-7-12(11)17/h2-10H,1H3,(H,19,21)(H,20,22). The molecule has 0 bridgehead atoms. The predicted octanol–water partition coefficient (Wildman–Crippen LogP) is 3.33. The molecule has 1 atom stereocenters. The molecule has 2 N–H and O–H groups in total. The molecule has 0 aromatic heterocycles. The zero-order valence-electron chi connectivity index (χ0n) is 12.2. The number of hydrazine groups is 1. The van der Waals surface area contributed by atoms with E-state index in [0.717, 1.165) is 0 Å². The van der Waals surface area contributed by atoms with Crippen molar-refractivity contribution < 1.29 is 14.3 Å². The monoisotopic (exact) mass is 396 g/mol. The Morgan fingerprint density at radius 1 is 1.09 bits per heavy atom. The van der Waals surface area contributed by atoms with Crippen LogP contribution in [0.2, 0.25) is 5.02 Å². The SMILES string of the molecule is CC(Oc1ccccc1Cl)C(=O)NNC(=O)c1ccccc1Br. The zero-order chi connectivity index (χ0) is 16.8. The van der Waals surface area contributed by atoms with E-state index in [9.17, 15) is 9.59 Å². The maximum Gasteiger partial charge on any atom is 0.279 e. The summed E-state index contributed by atoms with van der Waals surface area (Å²) in [5, 5.41) is 0.407. The minimum Gasteiger partial charge on any atom is -0.479 e. The zero-order valence-corrected chi connectivity index (χ0v) is 14.5. The van der Waals surface area contributed by atoms with Crippen molar-refractivity contribution in [2.75, 3.05) is 0 Å². The van der Waals surface area contributed by atoms with Crippen molar-refractivity contribution in [2.24, 2.45) is 0 Å². The highest BCUT2D eigenvalue weighted by atomic mass is 79.9. The Morgan fingerprint density at radius 3 is 2.43 bits per heavy atom. The normalized spacial score (nSPS) is 11.4. The van der Waals surface area contributed by atoms with Gasteiger partial charge in [-0.05, 0) is 47.1 Å². The average Bonchev–Trinajstić information content (AvgIpc) is 2.54. The summed E-state index contributed by atoms with van der Waals surface area (Å²) in [6, 6.07) is 13.7. The Bertz CT molecular complexity index is 724. The van der Waals surface area contributed by atoms with Crippen molar-refractivity contribution >= 4 is 39.3 Å². The molecule has 7 heteroatoms. The van der Waals surface area contributed by atoms with Crippen molar-refractivity contribution in [3.63, 3.8) is 0 Å². The Kier molecular flexibility index (Phi) is 6.01. The maximum absolute atomic E-state index is 12.0. The minimum absolute atomic E-state index is 0.397. The van der Waals surface area contributed by atoms with Gasteiger partial charge in [0.15, 0.2) is 6.10 Å². The first kappa shape index (κ1) is 17.3. The first-order valence-corrected chi connectivity index (χ1v) is 7.92. The van der Waals surface area contributed by atoms with E-state index in [1.807, 2.05) is 0 Å². The Balaban J connectivity index is 1.91. The van der Waals surface area contributed by atoms with Crippen molar-refractivity contribution in [1.82, 2.24) is 10.9 Å². The van der Waals surface area contributed by atoms with Crippen molar-refractivity contribution in [2.45, 2.75) is 13.0 Å². The third-order valence-electron chi connectivity index (χ3n) is 2.93. The van der Waals surface area contributed by atoms with Gasteiger partial charge < -0.3 is 4.74 Å². The molecule has 0 aliphatic carbocycles. The molecule has 0 heterocycles. The molecule has 2 aromatic carbocycles. The van der Waals surface area contributed by atoms with Crippen LogP contribution in [0.15, 0.2) is 53.0 Å². The highest BCUT2D eigenvalue weighted by molar-refractivity contribution is 9.10. The molecule has 2 amide bonds. The number of carbonyl (C=O) groups is 2. The number of hydrogen-bond donors (Lipinski definition) is 2. The predicted molar refractivity (Wildman–Crippen MR) is 91.3 cm³/mol. The molecule has 0 fully saturated rings. The van der Waals surface area contributed by atoms with E-state index >= 15 is 0 Å². The van der Waals surface area contributed by atoms with Gasteiger partial charge in [-0.3, -0.25) is 20.4 Å². The second-order valence-electron chi connectivity index (χ2n) is 4.61. The van der Waals surface area contributed by atoms with Crippen LogP contribution in [0, 0.1) is 0 Å². The molecule has 0 spiro atoms. The number of carbonyl (C=O) groups excluding carboxylic acids is 2. The van der Waals surface area contributed by atoms with Gasteiger partial charge in [0.05, 0.1) is 10.6 Å². The first-order chi connectivity index (χ1) is 11.0. The molecular formula is C16H14BrClN2O3. The number of halogens is 2. The molecule has 0 aliphatic rings. The summed E-state index contributed by atoms with van der Waals surface area (Å²) in [6.45, 7) is 1.56. The molecule has 2 aromatic rings. The van der Waals surface area contributed by atoms with Crippen LogP contribution in [0.5, 0.6) is 5.75 Å². The van der Waals surface area contributed by atoms with E-state index in [1.54, 1.807) is 55.5 Å². The molecule has 0 saturated carbocycles. The molecule has 120 valence electrons. The van der Waals surface area contributed by atoms with Crippen LogP contribution in [-0.4, -0.2) is 17.9 Å². The van der Waals surface area contributed by atoms with Gasteiger partial charge in [-0.15, -0.1) is 0 Å². The number of nitrogens with one attached hydrogen (secondary N) is 2. The molecule has 5 nitrogen and oxygen atoms in total. The summed E-state index contributed by atoms with van der Waals surface area (Å²) in [7, 11) is 0. The third kappa shape index (κ3) is 4.71. The van der Waals surface area contributed by atoms with E-state index in [4.69, 9.17) is 16.3 Å². The average molecular weight is 398 g/mol. The molecule has 23 heavy (non-hydrogen) atoms. The van der Waals surface area contributed by atoms with E-state index in [0.29, 0.717) is 20.8 Å². The number of benzene rings is 2. The fraction of sp³-hybridized carbons (Fsp3) is 0.125. The van der Waals surface area contributed by atoms with Crippen LogP contribution in [0.1, 0.15) is 17.3 Å². The van der Waals surface area contributed by atoms with E-state index in [-0.39, 0.29) is 0 Å². The lowest BCUT2D eigenvalue weighted by molar-refractivity contribution is -0.128. The highest BCUT2D eigenvalue weighted by Gasteiger charge is 2.17. The number of para-hydroxylation sites is 1. The first-order valence-electron chi connectivity index (χ1n) is 6.75. The van der Waals surface area contributed by atoms with Gasteiger partial charge in [0.2, 0.25) is 0 Å². The lowest BCUT2D eigenvalue weighted by Crippen LogP contribution is -2.47. The van der Waals surface area contributed by atoms with Gasteiger partial charge in [-0.1, -0.05) is 35.9 Å². The van der Waals surface area contributed by atoms with E-state index in [1.165, 1.54) is 0 Å². The van der Waals surface area contributed by atoms with Gasteiger partial charge in [0.25, 0.3) is 11.8 Å². The molecule has 0 radical (unpaired) electrons. The maximum atomic E-state index is 12.0. The van der Waals surface area contributed by atoms with E-state index < -0.39 is 17.9 Å². The highest BCUT2D eigenvalue weighted by Crippen LogP contribution is 2.24. The number of amides is 2. The number of rotatable bonds is 4. The molecule has 2 rings (SSSR count). The van der Waals surface area contributed by atoms with Crippen LogP contribution in [0.3, 0.4) is 0 Å². The summed E-state index contributed by atoms with van der Waals surface area (Å²) in [6.07, 6.45) is -0.825. The van der Waals surface area contributed by atoms with Crippen LogP contribution < -0.4 is 15.6 Å². The minimum atomic E-state index is -0.825. The molecule has 0 saturated heterocycles. The quantitative estimate of drug-likeness (QED) is 0.778. The van der Waals surface area contributed by atoms with Gasteiger partial charge in [-0.2, -0.15) is 0 Å². The second-order valence-corrected chi connectivity index (χ2v) is 5.88. The van der Waals surface area contributed by atoms with Gasteiger partial charge in [0, 0.05) is 4.47 Å². The molecule has 1 unspecified atom stereocenters. The summed E-state index contributed by atoms with van der Waals surface area (Å²) in [5.41, 5.74) is 5.07. The van der Waals surface area contributed by atoms with Gasteiger partial charge in [-0.25, -0.2) is 0 Å². The fourth-order valence-corrected chi connectivity index (χ4v) is 2.36. The Hall–Kier alpha value is -2.05. The summed E-state index contributed by atoms with van der Waals surface area (Å²) in [5.74, 6) is -0.532. The largest absolute Gasteiger partial charge is 0.479 e. The smallest absolute Gasteiger partial charge is 0.279 e. The Morgan fingerprint density at radius 2 is 1.74 bits per heavy atom. The van der Waals surface area contributed by atoms with E-state index in [2.05, 4.69) is 26.8 Å². The van der Waals surface area contributed by atoms with Gasteiger partial charge >= 0.3 is 0 Å². The van der Waals surface area contributed by atoms with Crippen LogP contribution in [0.25, 0.3) is 0 Å². The fourth-order valence-electron chi connectivity index (χ4n) is 1.72.